The number of anilines is 2. The Labute approximate surface area is 251 Å². The molecule has 0 radical (unpaired) electrons. The predicted molar refractivity (Wildman–Crippen MR) is 162 cm³/mol. The fraction of sp³-hybridized carbons (Fsp3) is 0.241. The second kappa shape index (κ2) is 10.2. The van der Waals surface area contributed by atoms with E-state index in [1.165, 1.54) is 6.07 Å². The van der Waals surface area contributed by atoms with Gasteiger partial charge in [0.1, 0.15) is 4.33 Å². The Balaban J connectivity index is 1.32. The number of hydrogen-bond acceptors (Lipinski definition) is 2. The first-order chi connectivity index (χ1) is 18.2. The van der Waals surface area contributed by atoms with Gasteiger partial charge in [-0.1, -0.05) is 55.6 Å². The van der Waals surface area contributed by atoms with Gasteiger partial charge in [0, 0.05) is 49.3 Å². The number of benzene rings is 3. The highest BCUT2D eigenvalue weighted by molar-refractivity contribution is 6.53. The molecule has 1 aliphatic rings. The fourth-order valence-electron chi connectivity index (χ4n) is 4.63. The summed E-state index contributed by atoms with van der Waals surface area (Å²) in [5, 5.41) is 7.76. The standard InChI is InChI=1S/C29H24Cl5N3O2/c1-28(2,3)23-11-14-10-18(5-7-22(14)37-23)35-26(38)20-13-19(4-6-21(20)32)36-27(39)25-24(29(25,33)34)15-8-16(30)12-17(31)9-15/h4-13,24-25,37H,1-3H3,(H,35,38)(H,36,39)/t24-,25+/m0/s1. The highest BCUT2D eigenvalue weighted by atomic mass is 35.5. The minimum Gasteiger partial charge on any atom is -0.358 e. The molecule has 2 amide bonds. The van der Waals surface area contributed by atoms with Gasteiger partial charge in [0.2, 0.25) is 5.91 Å². The zero-order valence-corrected chi connectivity index (χ0v) is 24.9. The molecule has 0 unspecified atom stereocenters. The van der Waals surface area contributed by atoms with Gasteiger partial charge < -0.3 is 15.6 Å². The zero-order chi connectivity index (χ0) is 28.3. The fourth-order valence-corrected chi connectivity index (χ4v) is 6.21. The maximum atomic E-state index is 13.1. The number of H-pyrrole nitrogens is 1. The van der Waals surface area contributed by atoms with Gasteiger partial charge in [-0.25, -0.2) is 0 Å². The number of hydrogen-bond donors (Lipinski definition) is 3. The van der Waals surface area contributed by atoms with Crippen molar-refractivity contribution in [1.82, 2.24) is 4.98 Å². The Hall–Kier alpha value is -2.41. The van der Waals surface area contributed by atoms with Crippen LogP contribution in [0.3, 0.4) is 0 Å². The molecule has 10 heteroatoms. The highest BCUT2D eigenvalue weighted by Crippen LogP contribution is 2.65. The van der Waals surface area contributed by atoms with E-state index in [1.54, 1.807) is 30.3 Å². The lowest BCUT2D eigenvalue weighted by Crippen LogP contribution is -2.18. The molecular weight excluding hydrogens is 600 g/mol. The number of carbonyl (C=O) groups excluding carboxylic acids is 2. The summed E-state index contributed by atoms with van der Waals surface area (Å²) in [5.74, 6) is -2.05. The molecule has 0 aliphatic heterocycles. The summed E-state index contributed by atoms with van der Waals surface area (Å²) >= 11 is 31.5. The molecule has 5 nitrogen and oxygen atoms in total. The average Bonchev–Trinajstić information content (AvgIpc) is 3.17. The summed E-state index contributed by atoms with van der Waals surface area (Å²) in [6, 6.07) is 17.3. The van der Waals surface area contributed by atoms with Crippen molar-refractivity contribution in [3.05, 3.63) is 92.6 Å². The van der Waals surface area contributed by atoms with Crippen molar-refractivity contribution < 1.29 is 9.59 Å². The van der Waals surface area contributed by atoms with E-state index in [9.17, 15) is 9.59 Å². The number of amides is 2. The van der Waals surface area contributed by atoms with Gasteiger partial charge in [-0.3, -0.25) is 9.59 Å². The molecular formula is C29H24Cl5N3O2. The van der Waals surface area contributed by atoms with Crippen LogP contribution in [0.15, 0.2) is 60.7 Å². The van der Waals surface area contributed by atoms with Crippen LogP contribution >= 0.6 is 58.0 Å². The molecule has 0 spiro atoms. The van der Waals surface area contributed by atoms with Crippen molar-refractivity contribution in [2.24, 2.45) is 5.92 Å². The lowest BCUT2D eigenvalue weighted by Gasteiger charge is -2.15. The van der Waals surface area contributed by atoms with Crippen LogP contribution in [0.2, 0.25) is 15.1 Å². The second-order valence-electron chi connectivity index (χ2n) is 10.7. The number of aromatic amines is 1. The quantitative estimate of drug-likeness (QED) is 0.194. The number of carbonyl (C=O) groups is 2. The van der Waals surface area contributed by atoms with E-state index in [2.05, 4.69) is 42.5 Å². The first-order valence-corrected chi connectivity index (χ1v) is 14.0. The van der Waals surface area contributed by atoms with Gasteiger partial charge >= 0.3 is 0 Å². The summed E-state index contributed by atoms with van der Waals surface area (Å²) in [4.78, 5) is 29.7. The van der Waals surface area contributed by atoms with Crippen molar-refractivity contribution in [3.8, 4) is 0 Å². The molecule has 1 aromatic heterocycles. The monoisotopic (exact) mass is 621 g/mol. The number of aromatic nitrogens is 1. The normalized spacial score (nSPS) is 18.2. The number of halogens is 5. The van der Waals surface area contributed by atoms with E-state index in [1.807, 2.05) is 18.2 Å². The maximum Gasteiger partial charge on any atom is 0.257 e. The first-order valence-electron chi connectivity index (χ1n) is 12.1. The molecule has 1 saturated carbocycles. The first kappa shape index (κ1) is 28.1. The summed E-state index contributed by atoms with van der Waals surface area (Å²) in [7, 11) is 0. The lowest BCUT2D eigenvalue weighted by atomic mass is 9.92. The summed E-state index contributed by atoms with van der Waals surface area (Å²) < 4.78 is -1.32. The molecule has 1 heterocycles. The predicted octanol–water partition coefficient (Wildman–Crippen LogP) is 9.20. The van der Waals surface area contributed by atoms with E-state index in [4.69, 9.17) is 58.0 Å². The summed E-state index contributed by atoms with van der Waals surface area (Å²) in [5.41, 5.74) is 3.92. The van der Waals surface area contributed by atoms with Crippen molar-refractivity contribution >= 4 is 92.1 Å². The summed E-state index contributed by atoms with van der Waals surface area (Å²) in [6.07, 6.45) is 0. The van der Waals surface area contributed by atoms with Crippen molar-refractivity contribution in [1.29, 1.82) is 0 Å². The second-order valence-corrected chi connectivity index (χ2v) is 13.4. The van der Waals surface area contributed by atoms with Crippen LogP contribution in [0.5, 0.6) is 0 Å². The maximum absolute atomic E-state index is 13.1. The molecule has 3 aromatic carbocycles. The van der Waals surface area contributed by atoms with E-state index in [0.717, 1.165) is 16.6 Å². The number of rotatable bonds is 5. The van der Waals surface area contributed by atoms with Crippen molar-refractivity contribution in [3.63, 3.8) is 0 Å². The Morgan fingerprint density at radius 2 is 1.49 bits per heavy atom. The van der Waals surface area contributed by atoms with Gasteiger partial charge in [0.15, 0.2) is 0 Å². The molecule has 4 aromatic rings. The molecule has 1 fully saturated rings. The van der Waals surface area contributed by atoms with Crippen LogP contribution in [-0.2, 0) is 10.2 Å². The third kappa shape index (κ3) is 5.75. The van der Waals surface area contributed by atoms with Gasteiger partial charge in [-0.2, -0.15) is 0 Å². The topological polar surface area (TPSA) is 74.0 Å². The van der Waals surface area contributed by atoms with E-state index in [0.29, 0.717) is 27.0 Å². The molecule has 5 rings (SSSR count). The van der Waals surface area contributed by atoms with E-state index < -0.39 is 28.0 Å². The Morgan fingerprint density at radius 1 is 0.846 bits per heavy atom. The molecule has 0 saturated heterocycles. The van der Waals surface area contributed by atoms with Crippen molar-refractivity contribution in [2.75, 3.05) is 10.6 Å². The minimum atomic E-state index is -1.32. The summed E-state index contributed by atoms with van der Waals surface area (Å²) in [6.45, 7) is 6.39. The van der Waals surface area contributed by atoms with Crippen LogP contribution in [0.25, 0.3) is 10.9 Å². The average molecular weight is 624 g/mol. The van der Waals surface area contributed by atoms with Gasteiger partial charge in [0.25, 0.3) is 5.91 Å². The number of alkyl halides is 2. The van der Waals surface area contributed by atoms with Crippen molar-refractivity contribution in [2.45, 2.75) is 36.4 Å². The molecule has 39 heavy (non-hydrogen) atoms. The van der Waals surface area contributed by atoms with Crippen LogP contribution in [0.4, 0.5) is 11.4 Å². The van der Waals surface area contributed by atoms with Crippen LogP contribution in [0, 0.1) is 5.92 Å². The third-order valence-electron chi connectivity index (χ3n) is 6.75. The molecule has 3 N–H and O–H groups in total. The minimum absolute atomic E-state index is 0.0326. The number of nitrogens with one attached hydrogen (secondary N) is 3. The third-order valence-corrected chi connectivity index (χ3v) is 8.45. The zero-order valence-electron chi connectivity index (χ0n) is 21.1. The number of fused-ring (bicyclic) bond motifs is 1. The Morgan fingerprint density at radius 3 is 2.15 bits per heavy atom. The van der Waals surface area contributed by atoms with Gasteiger partial charge in [-0.15, -0.1) is 23.2 Å². The van der Waals surface area contributed by atoms with Gasteiger partial charge in [-0.05, 0) is 66.2 Å². The molecule has 1 aliphatic carbocycles. The molecule has 2 atom stereocenters. The molecule has 202 valence electrons. The smallest absolute Gasteiger partial charge is 0.257 e. The van der Waals surface area contributed by atoms with E-state index >= 15 is 0 Å². The van der Waals surface area contributed by atoms with Crippen LogP contribution < -0.4 is 10.6 Å². The lowest BCUT2D eigenvalue weighted by molar-refractivity contribution is -0.117. The Bertz CT molecular complexity index is 1600. The van der Waals surface area contributed by atoms with Crippen LogP contribution in [-0.4, -0.2) is 21.1 Å². The highest BCUT2D eigenvalue weighted by Gasteiger charge is 2.67. The largest absolute Gasteiger partial charge is 0.358 e. The SMILES string of the molecule is CC(C)(C)c1cc2cc(NC(=O)c3cc(NC(=O)[C@H]4[C@H](c5cc(Cl)cc(Cl)c5)C4(Cl)Cl)ccc3Cl)ccc2[nH]1. The molecule has 0 bridgehead atoms. The van der Waals surface area contributed by atoms with Gasteiger partial charge in [0.05, 0.1) is 16.5 Å². The van der Waals surface area contributed by atoms with Crippen LogP contribution in [0.1, 0.15) is 48.3 Å². The Kier molecular flexibility index (Phi) is 7.36. The van der Waals surface area contributed by atoms with E-state index in [-0.39, 0.29) is 16.0 Å².